The minimum Gasteiger partial charge on any atom is -0.444 e. The van der Waals surface area contributed by atoms with E-state index < -0.39 is 5.60 Å². The summed E-state index contributed by atoms with van der Waals surface area (Å²) < 4.78 is 5.34. The standard InChI is InChI=1S/C17H32N4O2.HI/c1-12-6-5-9-21(11-12)15(18)19-10-14(13-7-8-13)20-16(22)23-17(2,3)4;/h12-14H,5-11H2,1-4H3,(H2,18,19)(H,20,22);1H. The van der Waals surface area contributed by atoms with E-state index >= 15 is 0 Å². The number of amides is 1. The van der Waals surface area contributed by atoms with E-state index in [4.69, 9.17) is 10.5 Å². The predicted octanol–water partition coefficient (Wildman–Crippen LogP) is 2.95. The number of hydrogen-bond acceptors (Lipinski definition) is 3. The summed E-state index contributed by atoms with van der Waals surface area (Å²) in [5.74, 6) is 1.77. The summed E-state index contributed by atoms with van der Waals surface area (Å²) in [7, 11) is 0. The second kappa shape index (κ2) is 9.10. The van der Waals surface area contributed by atoms with Crippen molar-refractivity contribution >= 4 is 36.0 Å². The van der Waals surface area contributed by atoms with E-state index in [1.54, 1.807) is 0 Å². The van der Waals surface area contributed by atoms with E-state index in [0.29, 0.717) is 24.3 Å². The zero-order valence-electron chi connectivity index (χ0n) is 15.4. The van der Waals surface area contributed by atoms with E-state index in [1.165, 1.54) is 12.8 Å². The maximum Gasteiger partial charge on any atom is 0.407 e. The van der Waals surface area contributed by atoms with Crippen LogP contribution in [0.25, 0.3) is 0 Å². The molecule has 2 aliphatic rings. The Morgan fingerprint density at radius 2 is 2.04 bits per heavy atom. The number of hydrogen-bond donors (Lipinski definition) is 2. The van der Waals surface area contributed by atoms with Crippen LogP contribution in [0.2, 0.25) is 0 Å². The first-order valence-electron chi connectivity index (χ1n) is 8.79. The summed E-state index contributed by atoms with van der Waals surface area (Å²) in [6, 6.07) is 0.0191. The fourth-order valence-electron chi connectivity index (χ4n) is 2.96. The van der Waals surface area contributed by atoms with Crippen molar-refractivity contribution in [1.29, 1.82) is 0 Å². The number of aliphatic imine (C=N–C) groups is 1. The predicted molar refractivity (Wildman–Crippen MR) is 108 cm³/mol. The number of halogens is 1. The molecule has 0 spiro atoms. The van der Waals surface area contributed by atoms with E-state index in [1.807, 2.05) is 20.8 Å². The zero-order chi connectivity index (χ0) is 17.0. The number of carbonyl (C=O) groups is 1. The highest BCUT2D eigenvalue weighted by atomic mass is 127. The molecule has 2 rings (SSSR count). The largest absolute Gasteiger partial charge is 0.444 e. The number of nitrogens with one attached hydrogen (secondary N) is 1. The molecule has 6 nitrogen and oxygen atoms in total. The van der Waals surface area contributed by atoms with Gasteiger partial charge in [0.2, 0.25) is 0 Å². The molecule has 7 heteroatoms. The van der Waals surface area contributed by atoms with Crippen molar-refractivity contribution in [3.63, 3.8) is 0 Å². The van der Waals surface area contributed by atoms with Gasteiger partial charge in [0.05, 0.1) is 12.6 Å². The molecule has 1 aliphatic carbocycles. The van der Waals surface area contributed by atoms with Gasteiger partial charge >= 0.3 is 6.09 Å². The molecule has 0 aromatic carbocycles. The number of carbonyl (C=O) groups excluding carboxylic acids is 1. The molecule has 24 heavy (non-hydrogen) atoms. The van der Waals surface area contributed by atoms with Crippen LogP contribution in [0, 0.1) is 11.8 Å². The van der Waals surface area contributed by atoms with Crippen LogP contribution in [0.3, 0.4) is 0 Å². The van der Waals surface area contributed by atoms with Crippen LogP contribution in [-0.2, 0) is 4.74 Å². The first-order chi connectivity index (χ1) is 10.7. The van der Waals surface area contributed by atoms with Gasteiger partial charge in [-0.15, -0.1) is 24.0 Å². The molecule has 2 fully saturated rings. The first kappa shape index (κ1) is 21.3. The highest BCUT2D eigenvalue weighted by Crippen LogP contribution is 2.33. The molecule has 0 aromatic heterocycles. The quantitative estimate of drug-likeness (QED) is 0.391. The Labute approximate surface area is 163 Å². The lowest BCUT2D eigenvalue weighted by atomic mass is 10.0. The minimum absolute atomic E-state index is 0. The lowest BCUT2D eigenvalue weighted by Gasteiger charge is -2.32. The van der Waals surface area contributed by atoms with Crippen molar-refractivity contribution < 1.29 is 9.53 Å². The summed E-state index contributed by atoms with van der Waals surface area (Å²) in [5, 5.41) is 2.96. The Morgan fingerprint density at radius 3 is 2.58 bits per heavy atom. The molecule has 1 heterocycles. The van der Waals surface area contributed by atoms with Gasteiger partial charge in [0, 0.05) is 13.1 Å². The van der Waals surface area contributed by atoms with Crippen molar-refractivity contribution in [2.75, 3.05) is 19.6 Å². The highest BCUT2D eigenvalue weighted by molar-refractivity contribution is 14.0. The topological polar surface area (TPSA) is 80.0 Å². The zero-order valence-corrected chi connectivity index (χ0v) is 17.7. The van der Waals surface area contributed by atoms with Crippen molar-refractivity contribution in [2.45, 2.75) is 65.0 Å². The molecular weight excluding hydrogens is 419 g/mol. The van der Waals surface area contributed by atoms with Crippen LogP contribution >= 0.6 is 24.0 Å². The van der Waals surface area contributed by atoms with Gasteiger partial charge in [-0.2, -0.15) is 0 Å². The third-order valence-corrected chi connectivity index (χ3v) is 4.32. The van der Waals surface area contributed by atoms with Gasteiger partial charge in [0.15, 0.2) is 5.96 Å². The van der Waals surface area contributed by atoms with E-state index in [-0.39, 0.29) is 36.1 Å². The Morgan fingerprint density at radius 1 is 1.38 bits per heavy atom. The van der Waals surface area contributed by atoms with Crippen LogP contribution in [0.15, 0.2) is 4.99 Å². The molecule has 140 valence electrons. The van der Waals surface area contributed by atoms with Gasteiger partial charge in [0.25, 0.3) is 0 Å². The third-order valence-electron chi connectivity index (χ3n) is 4.32. The van der Waals surface area contributed by atoms with Gasteiger partial charge in [-0.25, -0.2) is 4.79 Å². The normalized spacial score (nSPS) is 23.2. The van der Waals surface area contributed by atoms with Gasteiger partial charge < -0.3 is 20.7 Å². The number of piperidine rings is 1. The molecule has 1 aliphatic heterocycles. The van der Waals surface area contributed by atoms with Crippen molar-refractivity contribution in [3.05, 3.63) is 0 Å². The maximum atomic E-state index is 12.0. The fraction of sp³-hybridized carbons (Fsp3) is 0.882. The molecule has 1 amide bonds. The molecule has 2 atom stereocenters. The second-order valence-electron chi connectivity index (χ2n) is 7.98. The lowest BCUT2D eigenvalue weighted by molar-refractivity contribution is 0.0500. The Balaban J connectivity index is 0.00000288. The molecular formula is C17H33IN4O2. The summed E-state index contributed by atoms with van der Waals surface area (Å²) in [6.45, 7) is 10.3. The van der Waals surface area contributed by atoms with Crippen molar-refractivity contribution in [2.24, 2.45) is 22.6 Å². The lowest BCUT2D eigenvalue weighted by Crippen LogP contribution is -2.45. The average Bonchev–Trinajstić information content (AvgIpc) is 3.25. The van der Waals surface area contributed by atoms with Gasteiger partial charge in [0.1, 0.15) is 5.60 Å². The Kier molecular flexibility index (Phi) is 8.08. The summed E-state index contributed by atoms with van der Waals surface area (Å²) in [6.07, 6.45) is 4.33. The smallest absolute Gasteiger partial charge is 0.407 e. The summed E-state index contributed by atoms with van der Waals surface area (Å²) >= 11 is 0. The van der Waals surface area contributed by atoms with Crippen LogP contribution in [0.4, 0.5) is 4.79 Å². The van der Waals surface area contributed by atoms with Crippen molar-refractivity contribution in [1.82, 2.24) is 10.2 Å². The fourth-order valence-corrected chi connectivity index (χ4v) is 2.96. The molecule has 2 unspecified atom stereocenters. The number of alkyl carbamates (subject to hydrolysis) is 1. The van der Waals surface area contributed by atoms with Gasteiger partial charge in [-0.3, -0.25) is 4.99 Å². The monoisotopic (exact) mass is 452 g/mol. The molecule has 0 radical (unpaired) electrons. The van der Waals surface area contributed by atoms with Crippen LogP contribution in [0.1, 0.15) is 53.4 Å². The van der Waals surface area contributed by atoms with Gasteiger partial charge in [-0.05, 0) is 58.3 Å². The number of nitrogens with two attached hydrogens (primary N) is 1. The molecule has 0 bridgehead atoms. The van der Waals surface area contributed by atoms with E-state index in [0.717, 1.165) is 25.9 Å². The first-order valence-corrected chi connectivity index (χ1v) is 8.79. The molecule has 1 saturated heterocycles. The highest BCUT2D eigenvalue weighted by Gasteiger charge is 2.33. The number of rotatable bonds is 4. The SMILES string of the molecule is CC1CCCN(C(N)=NCC(NC(=O)OC(C)(C)C)C2CC2)C1.I. The van der Waals surface area contributed by atoms with Crippen LogP contribution < -0.4 is 11.1 Å². The number of likely N-dealkylation sites (tertiary alicyclic amines) is 1. The van der Waals surface area contributed by atoms with E-state index in [9.17, 15) is 4.79 Å². The molecule has 3 N–H and O–H groups in total. The Hall–Kier alpha value is -0.730. The summed E-state index contributed by atoms with van der Waals surface area (Å²) in [5.41, 5.74) is 5.66. The second-order valence-corrected chi connectivity index (χ2v) is 7.98. The average molecular weight is 452 g/mol. The van der Waals surface area contributed by atoms with Gasteiger partial charge in [-0.1, -0.05) is 6.92 Å². The van der Waals surface area contributed by atoms with Crippen LogP contribution in [-0.4, -0.2) is 48.2 Å². The minimum atomic E-state index is -0.482. The third kappa shape index (κ3) is 7.44. The number of ether oxygens (including phenoxy) is 1. The van der Waals surface area contributed by atoms with Crippen LogP contribution in [0.5, 0.6) is 0 Å². The molecule has 0 aromatic rings. The van der Waals surface area contributed by atoms with Crippen molar-refractivity contribution in [3.8, 4) is 0 Å². The summed E-state index contributed by atoms with van der Waals surface area (Å²) in [4.78, 5) is 18.7. The number of guanidine groups is 1. The van der Waals surface area contributed by atoms with E-state index in [2.05, 4.69) is 22.1 Å². The Bertz CT molecular complexity index is 446. The number of nitrogens with zero attached hydrogens (tertiary/aromatic N) is 2. The maximum absolute atomic E-state index is 12.0. The molecule has 1 saturated carbocycles.